The first kappa shape index (κ1) is 14.2. The van der Waals surface area contributed by atoms with Crippen LogP contribution in [0.2, 0.25) is 0 Å². The molecule has 0 aliphatic rings. The molecule has 2 aromatic rings. The molecule has 0 saturated carbocycles. The quantitative estimate of drug-likeness (QED) is 0.826. The fraction of sp³-hybridized carbons (Fsp3) is 0.235. The van der Waals surface area contributed by atoms with E-state index < -0.39 is 0 Å². The highest BCUT2D eigenvalue weighted by Crippen LogP contribution is 2.11. The Morgan fingerprint density at radius 1 is 1.05 bits per heavy atom. The smallest absolute Gasteiger partial charge is 0.123 e. The number of hydrogen-bond donors (Lipinski definition) is 0. The Labute approximate surface area is 119 Å². The molecule has 0 N–H and O–H groups in total. The van der Waals surface area contributed by atoms with Crippen LogP contribution >= 0.6 is 0 Å². The first-order valence-corrected chi connectivity index (χ1v) is 6.67. The summed E-state index contributed by atoms with van der Waals surface area (Å²) in [6.45, 7) is 4.48. The van der Waals surface area contributed by atoms with E-state index in [4.69, 9.17) is 5.26 Å². The van der Waals surface area contributed by atoms with Gasteiger partial charge in [0, 0.05) is 13.1 Å². The highest BCUT2D eigenvalue weighted by Gasteiger charge is 2.06. The van der Waals surface area contributed by atoms with Crippen LogP contribution in [0.5, 0.6) is 0 Å². The Morgan fingerprint density at radius 3 is 2.35 bits per heavy atom. The van der Waals surface area contributed by atoms with Gasteiger partial charge in [0.15, 0.2) is 0 Å². The third kappa shape index (κ3) is 3.91. The first-order chi connectivity index (χ1) is 9.71. The molecule has 2 aromatic carbocycles. The van der Waals surface area contributed by atoms with Crippen molar-refractivity contribution in [2.45, 2.75) is 20.0 Å². The number of nitriles is 1. The van der Waals surface area contributed by atoms with Crippen molar-refractivity contribution < 1.29 is 4.39 Å². The van der Waals surface area contributed by atoms with E-state index in [-0.39, 0.29) is 5.82 Å². The number of benzene rings is 2. The average molecular weight is 268 g/mol. The molecule has 2 nitrogen and oxygen atoms in total. The predicted octanol–water partition coefficient (Wildman–Crippen LogP) is 3.72. The van der Waals surface area contributed by atoms with Gasteiger partial charge in [-0.05, 0) is 41.9 Å². The lowest BCUT2D eigenvalue weighted by Gasteiger charge is -2.20. The first-order valence-electron chi connectivity index (χ1n) is 6.67. The molecule has 0 aliphatic carbocycles. The summed E-state index contributed by atoms with van der Waals surface area (Å²) in [7, 11) is 0. The lowest BCUT2D eigenvalue weighted by Crippen LogP contribution is -2.22. The van der Waals surface area contributed by atoms with Crippen molar-refractivity contribution in [3.05, 3.63) is 71.0 Å². The minimum absolute atomic E-state index is 0.197. The van der Waals surface area contributed by atoms with E-state index >= 15 is 0 Å². The largest absolute Gasteiger partial charge is 0.295 e. The highest BCUT2D eigenvalue weighted by atomic mass is 19.1. The molecule has 0 bridgehead atoms. The van der Waals surface area contributed by atoms with Crippen LogP contribution in [0.15, 0.2) is 48.5 Å². The molecule has 0 aromatic heterocycles. The lowest BCUT2D eigenvalue weighted by atomic mass is 10.1. The Kier molecular flexibility index (Phi) is 4.86. The summed E-state index contributed by atoms with van der Waals surface area (Å²) < 4.78 is 13.2. The molecule has 0 saturated heterocycles. The Balaban J connectivity index is 2.03. The lowest BCUT2D eigenvalue weighted by molar-refractivity contribution is 0.271. The zero-order valence-electron chi connectivity index (χ0n) is 11.5. The molecule has 0 fully saturated rings. The molecule has 0 atom stereocenters. The number of rotatable bonds is 5. The van der Waals surface area contributed by atoms with Gasteiger partial charge in [-0.15, -0.1) is 0 Å². The van der Waals surface area contributed by atoms with E-state index in [2.05, 4.69) is 17.9 Å². The van der Waals surface area contributed by atoms with Crippen molar-refractivity contribution in [1.82, 2.24) is 4.90 Å². The van der Waals surface area contributed by atoms with Crippen LogP contribution in [0.25, 0.3) is 0 Å². The topological polar surface area (TPSA) is 27.0 Å². The minimum Gasteiger partial charge on any atom is -0.295 e. The van der Waals surface area contributed by atoms with E-state index in [1.54, 1.807) is 12.1 Å². The third-order valence-corrected chi connectivity index (χ3v) is 3.23. The van der Waals surface area contributed by atoms with Gasteiger partial charge in [0.05, 0.1) is 11.6 Å². The van der Waals surface area contributed by atoms with Gasteiger partial charge in [-0.3, -0.25) is 4.90 Å². The van der Waals surface area contributed by atoms with Gasteiger partial charge in [-0.2, -0.15) is 5.26 Å². The van der Waals surface area contributed by atoms with E-state index in [0.717, 1.165) is 24.2 Å². The van der Waals surface area contributed by atoms with Gasteiger partial charge >= 0.3 is 0 Å². The van der Waals surface area contributed by atoms with Gasteiger partial charge < -0.3 is 0 Å². The summed E-state index contributed by atoms with van der Waals surface area (Å²) in [5, 5.41) is 8.78. The van der Waals surface area contributed by atoms with Crippen LogP contribution < -0.4 is 0 Å². The van der Waals surface area contributed by atoms with Gasteiger partial charge in [-0.1, -0.05) is 31.2 Å². The maximum Gasteiger partial charge on any atom is 0.123 e. The van der Waals surface area contributed by atoms with Crippen molar-refractivity contribution >= 4 is 0 Å². The average Bonchev–Trinajstić information content (AvgIpc) is 2.47. The van der Waals surface area contributed by atoms with Crippen LogP contribution in [-0.4, -0.2) is 11.4 Å². The third-order valence-electron chi connectivity index (χ3n) is 3.23. The molecule has 2 rings (SSSR count). The van der Waals surface area contributed by atoms with Crippen molar-refractivity contribution in [2.24, 2.45) is 0 Å². The molecule has 102 valence electrons. The maximum atomic E-state index is 13.2. The summed E-state index contributed by atoms with van der Waals surface area (Å²) in [5.74, 6) is -0.197. The molecule has 20 heavy (non-hydrogen) atoms. The van der Waals surface area contributed by atoms with Gasteiger partial charge in [0.2, 0.25) is 0 Å². The van der Waals surface area contributed by atoms with Crippen LogP contribution in [-0.2, 0) is 13.1 Å². The molecular weight excluding hydrogens is 251 g/mol. The van der Waals surface area contributed by atoms with E-state index in [1.165, 1.54) is 6.07 Å². The Hall–Kier alpha value is -2.18. The molecule has 0 radical (unpaired) electrons. The highest BCUT2D eigenvalue weighted by molar-refractivity contribution is 5.31. The molecule has 0 heterocycles. The number of halogens is 1. The number of hydrogen-bond acceptors (Lipinski definition) is 2. The van der Waals surface area contributed by atoms with E-state index in [0.29, 0.717) is 12.1 Å². The summed E-state index contributed by atoms with van der Waals surface area (Å²) in [6, 6.07) is 16.4. The summed E-state index contributed by atoms with van der Waals surface area (Å²) in [5.41, 5.74) is 2.80. The fourth-order valence-electron chi connectivity index (χ4n) is 2.12. The number of nitrogens with zero attached hydrogens (tertiary/aromatic N) is 2. The second-order valence-corrected chi connectivity index (χ2v) is 4.74. The minimum atomic E-state index is -0.197. The Morgan fingerprint density at radius 2 is 1.75 bits per heavy atom. The van der Waals surface area contributed by atoms with E-state index in [1.807, 2.05) is 30.3 Å². The molecule has 0 unspecified atom stereocenters. The van der Waals surface area contributed by atoms with Gasteiger partial charge in [-0.25, -0.2) is 4.39 Å². The van der Waals surface area contributed by atoms with E-state index in [9.17, 15) is 4.39 Å². The van der Waals surface area contributed by atoms with Crippen molar-refractivity contribution in [3.8, 4) is 6.07 Å². The fourth-order valence-corrected chi connectivity index (χ4v) is 2.12. The zero-order chi connectivity index (χ0) is 14.4. The standard InChI is InChI=1S/C17H17FN2/c1-2-20(13-16-4-3-5-17(18)10-16)12-15-8-6-14(11-19)7-9-15/h3-10H,2,12-13H2,1H3. The SMILES string of the molecule is CCN(Cc1ccc(C#N)cc1)Cc1cccc(F)c1. The molecule has 0 aliphatic heterocycles. The van der Waals surface area contributed by atoms with Crippen molar-refractivity contribution in [2.75, 3.05) is 6.54 Å². The summed E-state index contributed by atoms with van der Waals surface area (Å²) >= 11 is 0. The molecule has 0 amide bonds. The zero-order valence-corrected chi connectivity index (χ0v) is 11.5. The maximum absolute atomic E-state index is 13.2. The van der Waals surface area contributed by atoms with Crippen LogP contribution in [0.4, 0.5) is 4.39 Å². The van der Waals surface area contributed by atoms with Gasteiger partial charge in [0.25, 0.3) is 0 Å². The summed E-state index contributed by atoms with van der Waals surface area (Å²) in [4.78, 5) is 2.23. The normalized spacial score (nSPS) is 10.5. The van der Waals surface area contributed by atoms with Crippen molar-refractivity contribution in [1.29, 1.82) is 5.26 Å². The van der Waals surface area contributed by atoms with Crippen LogP contribution in [0, 0.1) is 17.1 Å². The second kappa shape index (κ2) is 6.83. The predicted molar refractivity (Wildman–Crippen MR) is 77.3 cm³/mol. The Bertz CT molecular complexity index is 599. The second-order valence-electron chi connectivity index (χ2n) is 4.74. The van der Waals surface area contributed by atoms with Crippen LogP contribution in [0.1, 0.15) is 23.6 Å². The molecule has 0 spiro atoms. The van der Waals surface area contributed by atoms with Crippen LogP contribution in [0.3, 0.4) is 0 Å². The van der Waals surface area contributed by atoms with Gasteiger partial charge in [0.1, 0.15) is 5.82 Å². The summed E-state index contributed by atoms with van der Waals surface area (Å²) in [6.07, 6.45) is 0. The molecular formula is C17H17FN2. The van der Waals surface area contributed by atoms with Crippen molar-refractivity contribution in [3.63, 3.8) is 0 Å². The monoisotopic (exact) mass is 268 g/mol. The molecule has 3 heteroatoms.